The molecule has 1 heterocycles. The first kappa shape index (κ1) is 12.8. The van der Waals surface area contributed by atoms with Crippen LogP contribution in [0.5, 0.6) is 6.01 Å². The van der Waals surface area contributed by atoms with Gasteiger partial charge in [0.1, 0.15) is 0 Å². The average molecular weight is 222 g/mol. The molecule has 8 heteroatoms. The van der Waals surface area contributed by atoms with Gasteiger partial charge in [-0.1, -0.05) is 0 Å². The van der Waals surface area contributed by atoms with Crippen LogP contribution in [0.1, 0.15) is 11.4 Å². The third kappa shape index (κ3) is 8.84. The largest absolute Gasteiger partial charge is 0.479 e. The highest BCUT2D eigenvalue weighted by Crippen LogP contribution is 2.02. The molecule has 1 aromatic rings. The van der Waals surface area contributed by atoms with E-state index in [4.69, 9.17) is 22.6 Å². The highest BCUT2D eigenvalue weighted by Gasteiger charge is 1.92. The van der Waals surface area contributed by atoms with Gasteiger partial charge in [-0.15, -0.1) is 0 Å². The van der Waals surface area contributed by atoms with Crippen molar-refractivity contribution in [2.45, 2.75) is 13.8 Å². The lowest BCUT2D eigenvalue weighted by Gasteiger charge is -1.93. The number of nitrogens with zero attached hydrogens (tertiary/aromatic N) is 2. The molecule has 0 spiro atoms. The van der Waals surface area contributed by atoms with Gasteiger partial charge in [-0.25, -0.2) is 9.97 Å². The molecule has 0 bridgehead atoms. The normalized spacial score (nSPS) is 10.3. The first-order chi connectivity index (χ1) is 6.18. The number of aromatic nitrogens is 2. The maximum Gasteiger partial charge on any atom is 0.394 e. The Kier molecular flexibility index (Phi) is 4.41. The average Bonchev–Trinajstić information content (AvgIpc) is 1.77. The standard InChI is InChI=1S/C6H8N2O.H2O4S/c1-4-3-5(2)8-6(9)7-4;1-5(2,3)4/h3H,1-2H3,(H,7,8,9);(H2,1,2,3,4). The van der Waals surface area contributed by atoms with Gasteiger partial charge in [-0.3, -0.25) is 9.11 Å². The van der Waals surface area contributed by atoms with Gasteiger partial charge in [0.05, 0.1) is 0 Å². The minimum Gasteiger partial charge on any atom is -0.479 e. The molecule has 14 heavy (non-hydrogen) atoms. The molecule has 0 aliphatic carbocycles. The van der Waals surface area contributed by atoms with E-state index in [1.54, 1.807) is 6.07 Å². The lowest BCUT2D eigenvalue weighted by atomic mass is 10.4. The van der Waals surface area contributed by atoms with E-state index in [2.05, 4.69) is 9.97 Å². The van der Waals surface area contributed by atoms with Crippen LogP contribution < -0.4 is 0 Å². The van der Waals surface area contributed by atoms with Crippen LogP contribution in [0.3, 0.4) is 0 Å². The van der Waals surface area contributed by atoms with Crippen LogP contribution in [-0.2, 0) is 10.4 Å². The molecule has 80 valence electrons. The number of hydrogen-bond acceptors (Lipinski definition) is 5. The van der Waals surface area contributed by atoms with Gasteiger partial charge in [0.25, 0.3) is 0 Å². The molecule has 0 radical (unpaired) electrons. The summed E-state index contributed by atoms with van der Waals surface area (Å²) in [4.78, 5) is 7.36. The van der Waals surface area contributed by atoms with E-state index in [1.807, 2.05) is 13.8 Å². The van der Waals surface area contributed by atoms with Crippen molar-refractivity contribution in [3.63, 3.8) is 0 Å². The summed E-state index contributed by atoms with van der Waals surface area (Å²) in [5.74, 6) is 0. The molecule has 1 aromatic heterocycles. The fraction of sp³-hybridized carbons (Fsp3) is 0.333. The fourth-order valence-electron chi connectivity index (χ4n) is 0.707. The predicted octanol–water partition coefficient (Wildman–Crippen LogP) is 0.146. The molecule has 0 saturated heterocycles. The van der Waals surface area contributed by atoms with Gasteiger partial charge in [0.15, 0.2) is 0 Å². The number of hydrogen-bond donors (Lipinski definition) is 3. The highest BCUT2D eigenvalue weighted by atomic mass is 32.3. The van der Waals surface area contributed by atoms with Crippen molar-refractivity contribution in [2.24, 2.45) is 0 Å². The molecule has 3 N–H and O–H groups in total. The molecule has 0 aliphatic heterocycles. The van der Waals surface area contributed by atoms with E-state index in [9.17, 15) is 0 Å². The summed E-state index contributed by atoms with van der Waals surface area (Å²) < 4.78 is 31.6. The SMILES string of the molecule is Cc1cc(C)nc(O)n1.O=S(=O)(O)O. The monoisotopic (exact) mass is 222 g/mol. The Bertz CT molecular complexity index is 344. The van der Waals surface area contributed by atoms with Crippen molar-refractivity contribution in [2.75, 3.05) is 0 Å². The summed E-state index contributed by atoms with van der Waals surface area (Å²) in [5, 5.41) is 8.77. The molecule has 0 amide bonds. The summed E-state index contributed by atoms with van der Waals surface area (Å²) in [5.41, 5.74) is 1.58. The van der Waals surface area contributed by atoms with Crippen LogP contribution in [0.25, 0.3) is 0 Å². The van der Waals surface area contributed by atoms with Crippen LogP contribution >= 0.6 is 0 Å². The second-order valence-corrected chi connectivity index (χ2v) is 3.29. The van der Waals surface area contributed by atoms with Crippen LogP contribution in [0, 0.1) is 13.8 Å². The minimum absolute atomic E-state index is 0.146. The highest BCUT2D eigenvalue weighted by molar-refractivity contribution is 7.79. The van der Waals surface area contributed by atoms with Gasteiger partial charge in [0.2, 0.25) is 0 Å². The van der Waals surface area contributed by atoms with E-state index in [1.165, 1.54) is 0 Å². The number of aryl methyl sites for hydroxylation is 2. The minimum atomic E-state index is -4.67. The number of rotatable bonds is 0. The van der Waals surface area contributed by atoms with Gasteiger partial charge >= 0.3 is 16.4 Å². The molecular weight excluding hydrogens is 212 g/mol. The molecule has 0 atom stereocenters. The second kappa shape index (κ2) is 4.84. The third-order valence-electron chi connectivity index (χ3n) is 0.970. The Morgan fingerprint density at radius 1 is 1.14 bits per heavy atom. The van der Waals surface area contributed by atoms with Crippen molar-refractivity contribution in [3.05, 3.63) is 17.5 Å². The summed E-state index contributed by atoms with van der Waals surface area (Å²) in [6, 6.07) is 1.66. The Morgan fingerprint density at radius 3 is 1.64 bits per heavy atom. The Morgan fingerprint density at radius 2 is 1.43 bits per heavy atom. The first-order valence-electron chi connectivity index (χ1n) is 3.39. The molecule has 7 nitrogen and oxygen atoms in total. The van der Waals surface area contributed by atoms with E-state index in [0.29, 0.717) is 0 Å². The molecule has 0 aliphatic rings. The maximum atomic E-state index is 8.77. The third-order valence-corrected chi connectivity index (χ3v) is 0.970. The Balaban J connectivity index is 0.000000292. The van der Waals surface area contributed by atoms with Crippen molar-refractivity contribution >= 4 is 10.4 Å². The van der Waals surface area contributed by atoms with Crippen LogP contribution in [0.15, 0.2) is 6.07 Å². The fourth-order valence-corrected chi connectivity index (χ4v) is 0.707. The van der Waals surface area contributed by atoms with Crippen LogP contribution in [0.2, 0.25) is 0 Å². The van der Waals surface area contributed by atoms with Crippen molar-refractivity contribution in [3.8, 4) is 6.01 Å². The summed E-state index contributed by atoms with van der Waals surface area (Å²) in [7, 11) is -4.67. The zero-order chi connectivity index (χ0) is 11.4. The summed E-state index contributed by atoms with van der Waals surface area (Å²) >= 11 is 0. The maximum absolute atomic E-state index is 8.77. The summed E-state index contributed by atoms with van der Waals surface area (Å²) in [6.45, 7) is 3.63. The quantitative estimate of drug-likeness (QED) is 0.534. The van der Waals surface area contributed by atoms with Gasteiger partial charge in [0, 0.05) is 11.4 Å². The van der Waals surface area contributed by atoms with Gasteiger partial charge in [-0.05, 0) is 19.9 Å². The molecule has 0 aromatic carbocycles. The predicted molar refractivity (Wildman–Crippen MR) is 47.3 cm³/mol. The van der Waals surface area contributed by atoms with Crippen LogP contribution in [0.4, 0.5) is 0 Å². The van der Waals surface area contributed by atoms with E-state index in [-0.39, 0.29) is 6.01 Å². The van der Waals surface area contributed by atoms with Crippen LogP contribution in [-0.4, -0.2) is 32.6 Å². The molecule has 0 fully saturated rings. The van der Waals surface area contributed by atoms with E-state index < -0.39 is 10.4 Å². The smallest absolute Gasteiger partial charge is 0.394 e. The Labute approximate surface area is 81.0 Å². The van der Waals surface area contributed by atoms with Gasteiger partial charge in [-0.2, -0.15) is 8.42 Å². The second-order valence-electron chi connectivity index (χ2n) is 2.40. The number of aromatic hydroxyl groups is 1. The van der Waals surface area contributed by atoms with Crippen molar-refractivity contribution in [1.29, 1.82) is 0 Å². The lowest BCUT2D eigenvalue weighted by molar-refractivity contribution is 0.381. The summed E-state index contributed by atoms with van der Waals surface area (Å²) in [6.07, 6.45) is 0. The van der Waals surface area contributed by atoms with Crippen molar-refractivity contribution < 1.29 is 22.6 Å². The van der Waals surface area contributed by atoms with Crippen molar-refractivity contribution in [1.82, 2.24) is 9.97 Å². The molecule has 1 rings (SSSR count). The molecular formula is C6H10N2O5S. The van der Waals surface area contributed by atoms with E-state index >= 15 is 0 Å². The molecule has 0 unspecified atom stereocenters. The molecule has 0 saturated carbocycles. The van der Waals surface area contributed by atoms with E-state index in [0.717, 1.165) is 11.4 Å². The zero-order valence-electron chi connectivity index (χ0n) is 7.54. The zero-order valence-corrected chi connectivity index (χ0v) is 8.35. The van der Waals surface area contributed by atoms with Gasteiger partial charge < -0.3 is 5.11 Å². The Hall–Kier alpha value is -1.25. The lowest BCUT2D eigenvalue weighted by Crippen LogP contribution is -1.89. The topological polar surface area (TPSA) is 121 Å². The first-order valence-corrected chi connectivity index (χ1v) is 4.79.